The third kappa shape index (κ3) is 5.56. The standard InChI is InChI=1S/C20H30N2O3/c1-4-22(3)20(24)17-10-7-9-16(14-17)19(23)21-12-13-25-18-11-6-5-8-15(18)2/h7,9-10,14-15,18H,4-6,8,11-13H2,1-3H3,(H,21,23)/t15-,18+/m1/s1. The minimum absolute atomic E-state index is 0.0771. The molecule has 2 atom stereocenters. The molecule has 1 aliphatic carbocycles. The van der Waals surface area contributed by atoms with E-state index in [-0.39, 0.29) is 11.8 Å². The van der Waals surface area contributed by atoms with Crippen LogP contribution in [0.25, 0.3) is 0 Å². The smallest absolute Gasteiger partial charge is 0.253 e. The summed E-state index contributed by atoms with van der Waals surface area (Å²) in [5.74, 6) is 0.351. The van der Waals surface area contributed by atoms with E-state index in [2.05, 4.69) is 12.2 Å². The highest BCUT2D eigenvalue weighted by Gasteiger charge is 2.21. The maximum absolute atomic E-state index is 12.3. The largest absolute Gasteiger partial charge is 0.376 e. The SMILES string of the molecule is CCN(C)C(=O)c1cccc(C(=O)NCCO[C@H]2CCCC[C@H]2C)c1. The average Bonchev–Trinajstić information content (AvgIpc) is 2.65. The van der Waals surface area contributed by atoms with Crippen LogP contribution in [0.15, 0.2) is 24.3 Å². The third-order valence-electron chi connectivity index (χ3n) is 4.95. The van der Waals surface area contributed by atoms with E-state index in [9.17, 15) is 9.59 Å². The zero-order valence-electron chi connectivity index (χ0n) is 15.6. The molecule has 0 heterocycles. The van der Waals surface area contributed by atoms with Gasteiger partial charge in [0.25, 0.3) is 11.8 Å². The van der Waals surface area contributed by atoms with Crippen molar-refractivity contribution in [2.24, 2.45) is 5.92 Å². The molecular formula is C20H30N2O3. The predicted octanol–water partition coefficient (Wildman–Crippen LogP) is 3.10. The van der Waals surface area contributed by atoms with E-state index in [1.54, 1.807) is 36.2 Å². The highest BCUT2D eigenvalue weighted by atomic mass is 16.5. The highest BCUT2D eigenvalue weighted by molar-refractivity contribution is 5.99. The first-order valence-corrected chi connectivity index (χ1v) is 9.28. The number of rotatable bonds is 7. The zero-order chi connectivity index (χ0) is 18.2. The van der Waals surface area contributed by atoms with E-state index in [1.165, 1.54) is 19.3 Å². The molecule has 0 aromatic heterocycles. The fraction of sp³-hybridized carbons (Fsp3) is 0.600. The van der Waals surface area contributed by atoms with Gasteiger partial charge in [-0.05, 0) is 43.9 Å². The van der Waals surface area contributed by atoms with E-state index in [0.717, 1.165) is 6.42 Å². The lowest BCUT2D eigenvalue weighted by Gasteiger charge is -2.28. The molecule has 5 heteroatoms. The number of benzene rings is 1. The molecule has 0 bridgehead atoms. The molecular weight excluding hydrogens is 316 g/mol. The first kappa shape index (κ1) is 19.4. The zero-order valence-corrected chi connectivity index (χ0v) is 15.6. The van der Waals surface area contributed by atoms with Gasteiger partial charge in [0.15, 0.2) is 0 Å². The summed E-state index contributed by atoms with van der Waals surface area (Å²) in [6.07, 6.45) is 5.18. The molecule has 0 unspecified atom stereocenters. The van der Waals surface area contributed by atoms with Gasteiger partial charge in [0.1, 0.15) is 0 Å². The van der Waals surface area contributed by atoms with Crippen LogP contribution in [0.5, 0.6) is 0 Å². The Balaban J connectivity index is 1.81. The lowest BCUT2D eigenvalue weighted by molar-refractivity contribution is -0.00293. The third-order valence-corrected chi connectivity index (χ3v) is 4.95. The number of amides is 2. The second-order valence-corrected chi connectivity index (χ2v) is 6.83. The summed E-state index contributed by atoms with van der Waals surface area (Å²) in [4.78, 5) is 26.1. The van der Waals surface area contributed by atoms with Gasteiger partial charge in [-0.1, -0.05) is 25.8 Å². The summed E-state index contributed by atoms with van der Waals surface area (Å²) in [5, 5.41) is 2.87. The molecule has 0 spiro atoms. The fourth-order valence-electron chi connectivity index (χ4n) is 3.16. The van der Waals surface area contributed by atoms with Gasteiger partial charge in [0.05, 0.1) is 12.7 Å². The number of nitrogens with one attached hydrogen (secondary N) is 1. The Kier molecular flexibility index (Phi) is 7.44. The van der Waals surface area contributed by atoms with Crippen LogP contribution in [0.4, 0.5) is 0 Å². The number of carbonyl (C=O) groups is 2. The van der Waals surface area contributed by atoms with Crippen LogP contribution in [0.1, 0.15) is 60.2 Å². The Labute approximate surface area is 150 Å². The summed E-state index contributed by atoms with van der Waals surface area (Å²) in [5.41, 5.74) is 1.03. The van der Waals surface area contributed by atoms with Crippen molar-refractivity contribution in [1.82, 2.24) is 10.2 Å². The molecule has 1 aromatic rings. The fourth-order valence-corrected chi connectivity index (χ4v) is 3.16. The number of nitrogens with zero attached hydrogens (tertiary/aromatic N) is 1. The Hall–Kier alpha value is -1.88. The molecule has 5 nitrogen and oxygen atoms in total. The van der Waals surface area contributed by atoms with Gasteiger partial charge in [0.2, 0.25) is 0 Å². The average molecular weight is 346 g/mol. The quantitative estimate of drug-likeness (QED) is 0.772. The van der Waals surface area contributed by atoms with Gasteiger partial charge >= 0.3 is 0 Å². The highest BCUT2D eigenvalue weighted by Crippen LogP contribution is 2.25. The number of carbonyl (C=O) groups excluding carboxylic acids is 2. The van der Waals surface area contributed by atoms with Crippen LogP contribution in [0.3, 0.4) is 0 Å². The van der Waals surface area contributed by atoms with E-state index >= 15 is 0 Å². The molecule has 25 heavy (non-hydrogen) atoms. The molecule has 1 fully saturated rings. The first-order chi connectivity index (χ1) is 12.0. The number of hydrogen-bond donors (Lipinski definition) is 1. The van der Waals surface area contributed by atoms with Gasteiger partial charge in [-0.25, -0.2) is 0 Å². The van der Waals surface area contributed by atoms with Gasteiger partial charge in [-0.2, -0.15) is 0 Å². The molecule has 1 N–H and O–H groups in total. The lowest BCUT2D eigenvalue weighted by atomic mass is 9.88. The molecule has 0 saturated heterocycles. The van der Waals surface area contributed by atoms with Crippen molar-refractivity contribution in [2.75, 3.05) is 26.7 Å². The Morgan fingerprint density at radius 3 is 2.68 bits per heavy atom. The van der Waals surface area contributed by atoms with Crippen LogP contribution in [-0.2, 0) is 4.74 Å². The summed E-state index contributed by atoms with van der Waals surface area (Å²) in [7, 11) is 1.75. The monoisotopic (exact) mass is 346 g/mol. The topological polar surface area (TPSA) is 58.6 Å². The predicted molar refractivity (Wildman–Crippen MR) is 98.8 cm³/mol. The van der Waals surface area contributed by atoms with Crippen molar-refractivity contribution in [2.45, 2.75) is 45.6 Å². The van der Waals surface area contributed by atoms with E-state index in [0.29, 0.717) is 42.8 Å². The second-order valence-electron chi connectivity index (χ2n) is 6.83. The molecule has 1 aromatic carbocycles. The van der Waals surface area contributed by atoms with Crippen molar-refractivity contribution >= 4 is 11.8 Å². The van der Waals surface area contributed by atoms with Crippen LogP contribution in [-0.4, -0.2) is 49.6 Å². The van der Waals surface area contributed by atoms with Crippen LogP contribution < -0.4 is 5.32 Å². The van der Waals surface area contributed by atoms with Crippen molar-refractivity contribution in [1.29, 1.82) is 0 Å². The van der Waals surface area contributed by atoms with Gasteiger partial charge in [-0.15, -0.1) is 0 Å². The first-order valence-electron chi connectivity index (χ1n) is 9.28. The van der Waals surface area contributed by atoms with Crippen LogP contribution in [0, 0.1) is 5.92 Å². The van der Waals surface area contributed by atoms with E-state index < -0.39 is 0 Å². The Bertz CT molecular complexity index is 588. The van der Waals surface area contributed by atoms with Gasteiger partial charge in [-0.3, -0.25) is 9.59 Å². The minimum atomic E-state index is -0.172. The maximum Gasteiger partial charge on any atom is 0.253 e. The molecule has 2 rings (SSSR count). The summed E-state index contributed by atoms with van der Waals surface area (Å²) >= 11 is 0. The maximum atomic E-state index is 12.3. The Morgan fingerprint density at radius 1 is 1.24 bits per heavy atom. The molecule has 0 radical (unpaired) electrons. The summed E-state index contributed by atoms with van der Waals surface area (Å²) in [6, 6.07) is 6.85. The summed E-state index contributed by atoms with van der Waals surface area (Å²) in [6.45, 7) is 5.79. The molecule has 0 aliphatic heterocycles. The molecule has 1 aliphatic rings. The van der Waals surface area contributed by atoms with Crippen molar-refractivity contribution in [3.63, 3.8) is 0 Å². The molecule has 138 valence electrons. The minimum Gasteiger partial charge on any atom is -0.376 e. The normalized spacial score (nSPS) is 20.1. The molecule has 1 saturated carbocycles. The van der Waals surface area contributed by atoms with Crippen molar-refractivity contribution in [3.8, 4) is 0 Å². The molecule has 2 amide bonds. The number of hydrogen-bond acceptors (Lipinski definition) is 3. The van der Waals surface area contributed by atoms with Gasteiger partial charge in [0, 0.05) is 31.3 Å². The second kappa shape index (κ2) is 9.56. The number of ether oxygens (including phenoxy) is 1. The van der Waals surface area contributed by atoms with Crippen molar-refractivity contribution < 1.29 is 14.3 Å². The van der Waals surface area contributed by atoms with Crippen molar-refractivity contribution in [3.05, 3.63) is 35.4 Å². The Morgan fingerprint density at radius 2 is 1.96 bits per heavy atom. The van der Waals surface area contributed by atoms with Crippen LogP contribution >= 0.6 is 0 Å². The van der Waals surface area contributed by atoms with E-state index in [4.69, 9.17) is 4.74 Å². The van der Waals surface area contributed by atoms with Crippen LogP contribution in [0.2, 0.25) is 0 Å². The van der Waals surface area contributed by atoms with E-state index in [1.807, 2.05) is 6.92 Å². The summed E-state index contributed by atoms with van der Waals surface area (Å²) < 4.78 is 5.91. The van der Waals surface area contributed by atoms with Gasteiger partial charge < -0.3 is 15.0 Å². The lowest BCUT2D eigenvalue weighted by Crippen LogP contribution is -2.32.